The second-order valence-electron chi connectivity index (χ2n) is 7.99. The fourth-order valence-corrected chi connectivity index (χ4v) is 5.40. The van der Waals surface area contributed by atoms with E-state index < -0.39 is 12.0 Å². The van der Waals surface area contributed by atoms with E-state index in [2.05, 4.69) is 27.6 Å². The van der Waals surface area contributed by atoms with Gasteiger partial charge in [0.25, 0.3) is 5.56 Å². The average molecular weight is 589 g/mol. The van der Waals surface area contributed by atoms with Crippen molar-refractivity contribution in [3.8, 4) is 5.75 Å². The van der Waals surface area contributed by atoms with Gasteiger partial charge in [0.05, 0.1) is 28.5 Å². The Labute approximate surface area is 214 Å². The summed E-state index contributed by atoms with van der Waals surface area (Å²) in [6.45, 7) is 3.73. The number of hydrogen-bond acceptors (Lipinski definition) is 7. The molecule has 0 bridgehead atoms. The van der Waals surface area contributed by atoms with Crippen molar-refractivity contribution in [2.75, 3.05) is 25.6 Å². The molecule has 1 atom stereocenters. The van der Waals surface area contributed by atoms with E-state index in [4.69, 9.17) is 4.74 Å². The number of nitrogens with zero attached hydrogens (tertiary/aromatic N) is 3. The van der Waals surface area contributed by atoms with Crippen LogP contribution in [0.2, 0.25) is 0 Å². The lowest BCUT2D eigenvalue weighted by Gasteiger charge is -2.25. The highest BCUT2D eigenvalue weighted by molar-refractivity contribution is 14.1. The van der Waals surface area contributed by atoms with E-state index in [0.717, 1.165) is 14.8 Å². The number of benzene rings is 2. The third kappa shape index (κ3) is 4.54. The second kappa shape index (κ2) is 9.75. The third-order valence-electron chi connectivity index (χ3n) is 5.52. The molecule has 1 N–H and O–H groups in total. The lowest BCUT2D eigenvalue weighted by molar-refractivity contribution is -0.139. The molecule has 0 saturated carbocycles. The van der Waals surface area contributed by atoms with Crippen LogP contribution in [0.1, 0.15) is 31.0 Å². The lowest BCUT2D eigenvalue weighted by Crippen LogP contribution is -2.39. The Morgan fingerprint density at radius 2 is 1.97 bits per heavy atom. The molecule has 1 aromatic heterocycles. The number of aromatic hydroxyl groups is 1. The van der Waals surface area contributed by atoms with Crippen molar-refractivity contribution < 1.29 is 14.6 Å². The number of phenolic OH excluding ortho intramolecular Hbond substituents is 1. The van der Waals surface area contributed by atoms with Gasteiger partial charge in [0, 0.05) is 28.9 Å². The standard InChI is InChI=1S/C25H24IN3O4S/c1-5-33-24(32)21-14(2)27-25-29(22(21)15-6-9-18(10-7-15)28(3)4)23(31)20(34-25)13-16-12-17(26)8-11-19(16)30/h6-13,22,30H,5H2,1-4H3/b20-13-/t22-/m0/s1. The number of anilines is 1. The van der Waals surface area contributed by atoms with Crippen LogP contribution in [0.25, 0.3) is 6.08 Å². The molecule has 0 unspecified atom stereocenters. The molecule has 4 rings (SSSR count). The van der Waals surface area contributed by atoms with Crippen LogP contribution in [0.4, 0.5) is 5.69 Å². The molecule has 2 heterocycles. The van der Waals surface area contributed by atoms with Crippen LogP contribution in [0.3, 0.4) is 0 Å². The molecule has 3 aromatic rings. The highest BCUT2D eigenvalue weighted by Crippen LogP contribution is 2.31. The smallest absolute Gasteiger partial charge is 0.338 e. The molecule has 0 fully saturated rings. The summed E-state index contributed by atoms with van der Waals surface area (Å²) in [7, 11) is 3.90. The van der Waals surface area contributed by atoms with Gasteiger partial charge in [-0.1, -0.05) is 23.5 Å². The minimum absolute atomic E-state index is 0.0884. The fourth-order valence-electron chi connectivity index (χ4n) is 3.84. The number of thiazole rings is 1. The Balaban J connectivity index is 1.95. The number of fused-ring (bicyclic) bond motifs is 1. The number of hydrogen-bond donors (Lipinski definition) is 1. The van der Waals surface area contributed by atoms with Crippen LogP contribution < -0.4 is 19.8 Å². The largest absolute Gasteiger partial charge is 0.507 e. The molecule has 9 heteroatoms. The van der Waals surface area contributed by atoms with Gasteiger partial charge < -0.3 is 14.7 Å². The van der Waals surface area contributed by atoms with Gasteiger partial charge in [-0.25, -0.2) is 9.79 Å². The van der Waals surface area contributed by atoms with Crippen molar-refractivity contribution in [1.82, 2.24) is 4.57 Å². The maximum atomic E-state index is 13.6. The topological polar surface area (TPSA) is 84.1 Å². The monoisotopic (exact) mass is 589 g/mol. The first kappa shape index (κ1) is 24.2. The van der Waals surface area contributed by atoms with Crippen molar-refractivity contribution in [3.63, 3.8) is 0 Å². The van der Waals surface area contributed by atoms with Crippen LogP contribution in [0.15, 0.2) is 63.5 Å². The Morgan fingerprint density at radius 3 is 2.62 bits per heavy atom. The van der Waals surface area contributed by atoms with E-state index >= 15 is 0 Å². The zero-order valence-corrected chi connectivity index (χ0v) is 22.2. The lowest BCUT2D eigenvalue weighted by atomic mass is 9.95. The van der Waals surface area contributed by atoms with E-state index in [-0.39, 0.29) is 17.9 Å². The predicted molar refractivity (Wildman–Crippen MR) is 142 cm³/mol. The molecule has 34 heavy (non-hydrogen) atoms. The van der Waals surface area contributed by atoms with Crippen molar-refractivity contribution in [1.29, 1.82) is 0 Å². The van der Waals surface area contributed by atoms with Gasteiger partial charge >= 0.3 is 5.97 Å². The molecule has 1 aliphatic heterocycles. The molecule has 1 aliphatic rings. The summed E-state index contributed by atoms with van der Waals surface area (Å²) in [4.78, 5) is 33.6. The van der Waals surface area contributed by atoms with Gasteiger partial charge in [-0.15, -0.1) is 0 Å². The summed E-state index contributed by atoms with van der Waals surface area (Å²) in [5.74, 6) is -0.402. The van der Waals surface area contributed by atoms with Gasteiger partial charge in [-0.2, -0.15) is 0 Å². The summed E-state index contributed by atoms with van der Waals surface area (Å²) >= 11 is 3.39. The fraction of sp³-hybridized carbons (Fsp3) is 0.240. The van der Waals surface area contributed by atoms with Crippen molar-refractivity contribution in [3.05, 3.63) is 88.1 Å². The van der Waals surface area contributed by atoms with Crippen LogP contribution in [-0.4, -0.2) is 36.3 Å². The van der Waals surface area contributed by atoms with E-state index in [1.807, 2.05) is 43.3 Å². The second-order valence-corrected chi connectivity index (χ2v) is 10.2. The molecule has 7 nitrogen and oxygen atoms in total. The summed E-state index contributed by atoms with van der Waals surface area (Å²) in [6, 6.07) is 12.3. The van der Waals surface area contributed by atoms with Crippen LogP contribution >= 0.6 is 33.9 Å². The molecule has 0 amide bonds. The van der Waals surface area contributed by atoms with Gasteiger partial charge in [-0.3, -0.25) is 9.36 Å². The molecular weight excluding hydrogens is 565 g/mol. The Bertz CT molecular complexity index is 1470. The summed E-state index contributed by atoms with van der Waals surface area (Å²) < 4.78 is 8.24. The number of allylic oxidation sites excluding steroid dienone is 1. The van der Waals surface area contributed by atoms with E-state index in [9.17, 15) is 14.7 Å². The maximum absolute atomic E-state index is 13.6. The van der Waals surface area contributed by atoms with Crippen LogP contribution in [0.5, 0.6) is 5.75 Å². The molecule has 176 valence electrons. The summed E-state index contributed by atoms with van der Waals surface area (Å²) in [6.07, 6.45) is 1.66. The van der Waals surface area contributed by atoms with Crippen molar-refractivity contribution >= 4 is 51.7 Å². The Hall–Kier alpha value is -2.92. The molecule has 0 saturated heterocycles. The van der Waals surface area contributed by atoms with Crippen molar-refractivity contribution in [2.45, 2.75) is 19.9 Å². The zero-order chi connectivity index (χ0) is 24.6. The number of carbonyl (C=O) groups is 1. The zero-order valence-electron chi connectivity index (χ0n) is 19.2. The first-order valence-electron chi connectivity index (χ1n) is 10.7. The Morgan fingerprint density at radius 1 is 1.26 bits per heavy atom. The quantitative estimate of drug-likeness (QED) is 0.365. The van der Waals surface area contributed by atoms with Gasteiger partial charge in [-0.05, 0) is 78.4 Å². The number of carbonyl (C=O) groups excluding carboxylic acids is 1. The minimum Gasteiger partial charge on any atom is -0.507 e. The van der Waals surface area contributed by atoms with E-state index in [0.29, 0.717) is 26.2 Å². The maximum Gasteiger partial charge on any atom is 0.338 e. The number of aromatic nitrogens is 1. The number of ether oxygens (including phenoxy) is 1. The number of esters is 1. The minimum atomic E-state index is -0.668. The number of halogens is 1. The molecule has 0 radical (unpaired) electrons. The molecule has 0 aliphatic carbocycles. The van der Waals surface area contributed by atoms with Crippen LogP contribution in [-0.2, 0) is 9.53 Å². The highest BCUT2D eigenvalue weighted by Gasteiger charge is 2.33. The molecule has 2 aromatic carbocycles. The predicted octanol–water partition coefficient (Wildman–Crippen LogP) is 3.17. The molecular formula is C25H24IN3O4S. The Kier molecular flexibility index (Phi) is 6.94. The average Bonchev–Trinajstić information content (AvgIpc) is 3.10. The summed E-state index contributed by atoms with van der Waals surface area (Å²) in [5.41, 5.74) is 2.92. The van der Waals surface area contributed by atoms with E-state index in [1.54, 1.807) is 42.7 Å². The third-order valence-corrected chi connectivity index (χ3v) is 7.17. The van der Waals surface area contributed by atoms with E-state index in [1.165, 1.54) is 11.3 Å². The van der Waals surface area contributed by atoms with Gasteiger partial charge in [0.15, 0.2) is 4.80 Å². The van der Waals surface area contributed by atoms with Crippen LogP contribution in [0, 0.1) is 3.57 Å². The van der Waals surface area contributed by atoms with Gasteiger partial charge in [0.2, 0.25) is 0 Å². The normalized spacial score (nSPS) is 15.7. The van der Waals surface area contributed by atoms with Gasteiger partial charge in [0.1, 0.15) is 5.75 Å². The number of phenols is 1. The highest BCUT2D eigenvalue weighted by atomic mass is 127. The first-order chi connectivity index (χ1) is 16.2. The summed E-state index contributed by atoms with van der Waals surface area (Å²) in [5, 5.41) is 10.3. The number of rotatable bonds is 5. The van der Waals surface area contributed by atoms with Crippen molar-refractivity contribution in [2.24, 2.45) is 4.99 Å². The SMILES string of the molecule is CCOC(=O)C1=C(C)N=c2s/c(=C\c3cc(I)ccc3O)c(=O)n2[C@H]1c1ccc(N(C)C)cc1. The molecule has 0 spiro atoms. The first-order valence-corrected chi connectivity index (χ1v) is 12.6.